The number of halogens is 4. The zero-order valence-corrected chi connectivity index (χ0v) is 25.6. The van der Waals surface area contributed by atoms with Gasteiger partial charge in [0.2, 0.25) is 5.82 Å². The lowest BCUT2D eigenvalue weighted by molar-refractivity contribution is -0.211. The summed E-state index contributed by atoms with van der Waals surface area (Å²) in [7, 11) is 2.54. The normalized spacial score (nSPS) is 27.4. The molecule has 0 bridgehead atoms. The van der Waals surface area contributed by atoms with Gasteiger partial charge in [0.1, 0.15) is 30.0 Å². The van der Waals surface area contributed by atoms with Crippen molar-refractivity contribution in [2.24, 2.45) is 0 Å². The second-order valence-electron chi connectivity index (χ2n) is 10.1. The Morgan fingerprint density at radius 3 is 2.43 bits per heavy atom. The van der Waals surface area contributed by atoms with Crippen LogP contribution in [0.3, 0.4) is 0 Å². The second-order valence-corrected chi connectivity index (χ2v) is 11.9. The fraction of sp³-hybridized carbons (Fsp3) is 0.444. The van der Waals surface area contributed by atoms with Crippen molar-refractivity contribution in [2.75, 3.05) is 25.7 Å². The molecule has 3 aromatic rings. The van der Waals surface area contributed by atoms with Gasteiger partial charge in [-0.05, 0) is 43.2 Å². The molecule has 1 aromatic heterocycles. The van der Waals surface area contributed by atoms with Crippen LogP contribution in [0.1, 0.15) is 18.9 Å². The molecule has 3 N–H and O–H groups in total. The molecule has 7 atom stereocenters. The van der Waals surface area contributed by atoms with Gasteiger partial charge in [0.25, 0.3) is 5.91 Å². The monoisotopic (exact) mass is 716 g/mol. The molecule has 2 fully saturated rings. The van der Waals surface area contributed by atoms with Crippen LogP contribution >= 0.6 is 31.9 Å². The minimum absolute atomic E-state index is 0.127. The van der Waals surface area contributed by atoms with Crippen molar-refractivity contribution in [3.8, 4) is 17.0 Å². The molecule has 42 heavy (non-hydrogen) atoms. The number of carbonyl (C=O) groups excluding carboxylic acids is 1. The number of aromatic nitrogens is 3. The highest BCUT2D eigenvalue weighted by Gasteiger charge is 2.52. The van der Waals surface area contributed by atoms with Crippen LogP contribution in [0.4, 0.5) is 14.5 Å². The Hall–Kier alpha value is -2.53. The van der Waals surface area contributed by atoms with E-state index in [0.29, 0.717) is 27.5 Å². The Kier molecular flexibility index (Phi) is 9.27. The Labute approximate surface area is 256 Å². The SMILES string of the molecule is COc1cc(-c2cn([C@H]3[C@@H](O)[C@@H](CO)O[C@@H](C(=O)N(c4cc(Br)cc(Br)c4)[C@@H]4CC[C@H]4O)[C@@H]3OC)nn2)cc(F)c1F. The van der Waals surface area contributed by atoms with Gasteiger partial charge in [0, 0.05) is 27.3 Å². The second kappa shape index (κ2) is 12.6. The van der Waals surface area contributed by atoms with Crippen LogP contribution < -0.4 is 9.64 Å². The predicted molar refractivity (Wildman–Crippen MR) is 152 cm³/mol. The van der Waals surface area contributed by atoms with Crippen molar-refractivity contribution in [1.29, 1.82) is 0 Å². The van der Waals surface area contributed by atoms with E-state index in [1.165, 1.54) is 36.1 Å². The highest BCUT2D eigenvalue weighted by Crippen LogP contribution is 2.38. The van der Waals surface area contributed by atoms with Crippen LogP contribution in [0.25, 0.3) is 11.3 Å². The van der Waals surface area contributed by atoms with E-state index >= 15 is 0 Å². The molecule has 15 heteroatoms. The van der Waals surface area contributed by atoms with E-state index in [2.05, 4.69) is 42.2 Å². The van der Waals surface area contributed by atoms with E-state index in [1.54, 1.807) is 18.2 Å². The summed E-state index contributed by atoms with van der Waals surface area (Å²) in [6.07, 6.45) is -3.43. The largest absolute Gasteiger partial charge is 0.494 e. The van der Waals surface area contributed by atoms with Crippen molar-refractivity contribution in [2.45, 2.75) is 55.4 Å². The molecule has 1 saturated carbocycles. The molecular weight excluding hydrogens is 690 g/mol. The molecule has 0 unspecified atom stereocenters. The van der Waals surface area contributed by atoms with Gasteiger partial charge in [-0.2, -0.15) is 4.39 Å². The van der Waals surface area contributed by atoms with Crippen molar-refractivity contribution < 1.29 is 43.1 Å². The maximum atomic E-state index is 14.3. The predicted octanol–water partition coefficient (Wildman–Crippen LogP) is 2.99. The number of hydrogen-bond acceptors (Lipinski definition) is 9. The molecule has 226 valence electrons. The summed E-state index contributed by atoms with van der Waals surface area (Å²) in [5.41, 5.74) is 0.772. The van der Waals surface area contributed by atoms with Crippen LogP contribution in [-0.2, 0) is 14.3 Å². The summed E-state index contributed by atoms with van der Waals surface area (Å²) in [6, 6.07) is 5.81. The number of amides is 1. The molecule has 2 heterocycles. The molecule has 1 aliphatic carbocycles. The molecule has 1 amide bonds. The fourth-order valence-corrected chi connectivity index (χ4v) is 6.61. The van der Waals surface area contributed by atoms with E-state index < -0.39 is 66.8 Å². The standard InChI is InChI=1S/C27H28Br2F2N4O7/c1-40-20-6-12(5-16(30)22(20)31)17-10-34(33-32-17)23-24(38)21(11-36)42-26(25(23)41-2)27(39)35(18-3-4-19(18)37)15-8-13(28)7-14(29)9-15/h5-10,18-19,21,23-26,36-38H,3-4,11H2,1-2H3/t18-,19-,21-,23+,24+,25-,26-/m1/s1. The number of ether oxygens (including phenoxy) is 3. The van der Waals surface area contributed by atoms with Crippen LogP contribution in [0.2, 0.25) is 0 Å². The number of hydrogen-bond donors (Lipinski definition) is 3. The highest BCUT2D eigenvalue weighted by molar-refractivity contribution is 9.11. The van der Waals surface area contributed by atoms with E-state index in [9.17, 15) is 28.9 Å². The summed E-state index contributed by atoms with van der Waals surface area (Å²) >= 11 is 6.88. The maximum absolute atomic E-state index is 14.3. The summed E-state index contributed by atoms with van der Waals surface area (Å²) in [5, 5.41) is 40.0. The van der Waals surface area contributed by atoms with Gasteiger partial charge in [0.15, 0.2) is 17.7 Å². The van der Waals surface area contributed by atoms with E-state index in [-0.39, 0.29) is 17.0 Å². The van der Waals surface area contributed by atoms with Crippen LogP contribution in [-0.4, -0.2) is 93.6 Å². The van der Waals surface area contributed by atoms with E-state index in [4.69, 9.17) is 14.2 Å². The first-order valence-corrected chi connectivity index (χ1v) is 14.6. The van der Waals surface area contributed by atoms with Crippen molar-refractivity contribution in [3.05, 3.63) is 57.1 Å². The van der Waals surface area contributed by atoms with E-state index in [0.717, 1.165) is 6.07 Å². The number of methoxy groups -OCH3 is 2. The highest BCUT2D eigenvalue weighted by atomic mass is 79.9. The first-order valence-electron chi connectivity index (χ1n) is 13.0. The Morgan fingerprint density at radius 2 is 1.86 bits per heavy atom. The molecule has 1 aliphatic heterocycles. The number of benzene rings is 2. The first kappa shape index (κ1) is 30.9. The van der Waals surface area contributed by atoms with Crippen LogP contribution in [0, 0.1) is 11.6 Å². The van der Waals surface area contributed by atoms with Crippen molar-refractivity contribution >= 4 is 43.5 Å². The summed E-state index contributed by atoms with van der Waals surface area (Å²) in [6.45, 7) is -0.631. The van der Waals surface area contributed by atoms with Gasteiger partial charge in [-0.1, -0.05) is 37.1 Å². The summed E-state index contributed by atoms with van der Waals surface area (Å²) in [5.74, 6) is -3.19. The molecule has 5 rings (SSSR count). The molecule has 0 spiro atoms. The molecule has 0 radical (unpaired) electrons. The summed E-state index contributed by atoms with van der Waals surface area (Å²) < 4.78 is 47.4. The van der Waals surface area contributed by atoms with Crippen LogP contribution in [0.15, 0.2) is 45.5 Å². The topological polar surface area (TPSA) is 139 Å². The average molecular weight is 718 g/mol. The number of aliphatic hydroxyl groups excluding tert-OH is 3. The van der Waals surface area contributed by atoms with Gasteiger partial charge in [-0.15, -0.1) is 5.10 Å². The minimum Gasteiger partial charge on any atom is -0.494 e. The fourth-order valence-electron chi connectivity index (χ4n) is 5.34. The third kappa shape index (κ3) is 5.70. The number of anilines is 1. The van der Waals surface area contributed by atoms with Crippen molar-refractivity contribution in [1.82, 2.24) is 15.0 Å². The lowest BCUT2D eigenvalue weighted by Crippen LogP contribution is -2.64. The Morgan fingerprint density at radius 1 is 1.14 bits per heavy atom. The van der Waals surface area contributed by atoms with Gasteiger partial charge in [-0.25, -0.2) is 9.07 Å². The lowest BCUT2D eigenvalue weighted by Gasteiger charge is -2.47. The van der Waals surface area contributed by atoms with Gasteiger partial charge >= 0.3 is 0 Å². The maximum Gasteiger partial charge on any atom is 0.259 e. The third-order valence-electron chi connectivity index (χ3n) is 7.61. The minimum atomic E-state index is -1.40. The lowest BCUT2D eigenvalue weighted by atomic mass is 9.85. The van der Waals surface area contributed by atoms with Gasteiger partial charge in [-0.3, -0.25) is 4.79 Å². The Balaban J connectivity index is 1.53. The molecule has 1 saturated heterocycles. The third-order valence-corrected chi connectivity index (χ3v) is 8.52. The number of carbonyl (C=O) groups is 1. The number of aliphatic hydroxyl groups is 3. The molecular formula is C27H28Br2F2N4O7. The van der Waals surface area contributed by atoms with Crippen molar-refractivity contribution in [3.63, 3.8) is 0 Å². The van der Waals surface area contributed by atoms with E-state index in [1.807, 2.05) is 0 Å². The molecule has 11 nitrogen and oxygen atoms in total. The number of rotatable bonds is 8. The van der Waals surface area contributed by atoms with Gasteiger partial charge < -0.3 is 34.4 Å². The molecule has 2 aromatic carbocycles. The smallest absolute Gasteiger partial charge is 0.259 e. The average Bonchev–Trinajstić information content (AvgIpc) is 3.44. The Bertz CT molecular complexity index is 1440. The number of nitrogens with zero attached hydrogens (tertiary/aromatic N) is 4. The van der Waals surface area contributed by atoms with Crippen LogP contribution in [0.5, 0.6) is 5.75 Å². The summed E-state index contributed by atoms with van der Waals surface area (Å²) in [4.78, 5) is 15.7. The quantitative estimate of drug-likeness (QED) is 0.321. The zero-order valence-electron chi connectivity index (χ0n) is 22.4. The first-order chi connectivity index (χ1) is 20.1. The van der Waals surface area contributed by atoms with Gasteiger partial charge in [0.05, 0.1) is 32.1 Å². The molecule has 2 aliphatic rings. The zero-order chi connectivity index (χ0) is 30.3.